The SMILES string of the molecule is COCCNC(O)C1(c2ccccc2)CCC(=O)N(Cc2cccc(C(C)(F)F)c2)C1c1cc(C)c(O)c(Cl)c1. The zero-order valence-electron chi connectivity index (χ0n) is 22.8. The van der Waals surface area contributed by atoms with Crippen LogP contribution in [-0.4, -0.2) is 47.5 Å². The van der Waals surface area contributed by atoms with E-state index in [1.165, 1.54) is 12.1 Å². The number of hydrogen-bond acceptors (Lipinski definition) is 5. The molecular weight excluding hydrogens is 538 g/mol. The number of aryl methyl sites for hydroxylation is 1. The van der Waals surface area contributed by atoms with Crippen molar-refractivity contribution < 1.29 is 28.5 Å². The Balaban J connectivity index is 1.93. The molecule has 3 unspecified atom stereocenters. The largest absolute Gasteiger partial charge is 0.506 e. The van der Waals surface area contributed by atoms with Crippen LogP contribution in [0.1, 0.15) is 53.6 Å². The van der Waals surface area contributed by atoms with Crippen molar-refractivity contribution in [3.63, 3.8) is 0 Å². The molecule has 1 aliphatic rings. The Morgan fingerprint density at radius 2 is 1.90 bits per heavy atom. The fraction of sp³-hybridized carbons (Fsp3) is 0.387. The quantitative estimate of drug-likeness (QED) is 0.211. The van der Waals surface area contributed by atoms with Gasteiger partial charge in [0.1, 0.15) is 12.0 Å². The molecule has 1 fully saturated rings. The Morgan fingerprint density at radius 3 is 2.55 bits per heavy atom. The number of aromatic hydroxyl groups is 1. The molecule has 1 amide bonds. The van der Waals surface area contributed by atoms with Gasteiger partial charge in [0.15, 0.2) is 0 Å². The van der Waals surface area contributed by atoms with Gasteiger partial charge in [0.2, 0.25) is 5.91 Å². The predicted octanol–water partition coefficient (Wildman–Crippen LogP) is 5.82. The first-order chi connectivity index (χ1) is 19.0. The molecule has 0 aliphatic carbocycles. The summed E-state index contributed by atoms with van der Waals surface area (Å²) >= 11 is 6.44. The fourth-order valence-corrected chi connectivity index (χ4v) is 5.98. The highest BCUT2D eigenvalue weighted by Gasteiger charge is 2.53. The molecule has 3 atom stereocenters. The number of phenols is 1. The monoisotopic (exact) mass is 572 g/mol. The van der Waals surface area contributed by atoms with E-state index >= 15 is 0 Å². The second-order valence-corrected chi connectivity index (χ2v) is 10.8. The maximum absolute atomic E-state index is 14.2. The van der Waals surface area contributed by atoms with E-state index in [9.17, 15) is 23.8 Å². The van der Waals surface area contributed by atoms with E-state index in [2.05, 4.69) is 5.32 Å². The van der Waals surface area contributed by atoms with Crippen LogP contribution < -0.4 is 5.32 Å². The number of aliphatic hydroxyl groups is 1. The summed E-state index contributed by atoms with van der Waals surface area (Å²) in [7, 11) is 1.57. The molecule has 1 heterocycles. The summed E-state index contributed by atoms with van der Waals surface area (Å²) in [5, 5.41) is 25.6. The Morgan fingerprint density at radius 1 is 1.18 bits per heavy atom. The average molecular weight is 573 g/mol. The minimum atomic E-state index is -3.04. The van der Waals surface area contributed by atoms with Crippen LogP contribution in [0.25, 0.3) is 0 Å². The highest BCUT2D eigenvalue weighted by molar-refractivity contribution is 6.32. The summed E-state index contributed by atoms with van der Waals surface area (Å²) < 4.78 is 33.6. The number of halogens is 3. The van der Waals surface area contributed by atoms with Crippen molar-refractivity contribution in [3.05, 3.63) is 99.6 Å². The fourth-order valence-electron chi connectivity index (χ4n) is 5.71. The molecule has 3 N–H and O–H groups in total. The number of benzene rings is 3. The standard InChI is InChI=1S/C31H35ClF2N2O4/c1-20-16-22(18-25(32)27(20)38)28-31(23-9-5-4-6-10-23,29(39)35-14-15-40-3)13-12-26(37)36(28)19-21-8-7-11-24(17-21)30(2,33)34/h4-11,16-18,28-29,35,38-39H,12-15,19H2,1-3H3. The number of nitrogens with one attached hydrogen (secondary N) is 1. The molecule has 6 nitrogen and oxygen atoms in total. The van der Waals surface area contributed by atoms with Gasteiger partial charge in [-0.2, -0.15) is 0 Å². The Hall–Kier alpha value is -3.04. The van der Waals surface area contributed by atoms with Crippen molar-refractivity contribution in [2.75, 3.05) is 20.3 Å². The van der Waals surface area contributed by atoms with Crippen LogP contribution >= 0.6 is 11.6 Å². The number of nitrogens with zero attached hydrogens (tertiary/aromatic N) is 1. The Bertz CT molecular complexity index is 1310. The van der Waals surface area contributed by atoms with Crippen molar-refractivity contribution in [2.24, 2.45) is 0 Å². The number of carbonyl (C=O) groups excluding carboxylic acids is 1. The number of likely N-dealkylation sites (tertiary alicyclic amines) is 1. The molecule has 3 aromatic rings. The van der Waals surface area contributed by atoms with E-state index < -0.39 is 23.6 Å². The average Bonchev–Trinajstić information content (AvgIpc) is 2.93. The predicted molar refractivity (Wildman–Crippen MR) is 150 cm³/mol. The number of hydrogen-bond donors (Lipinski definition) is 3. The van der Waals surface area contributed by atoms with Gasteiger partial charge in [0.05, 0.1) is 23.1 Å². The Labute approximate surface area is 238 Å². The molecule has 1 saturated heterocycles. The zero-order valence-corrected chi connectivity index (χ0v) is 23.6. The van der Waals surface area contributed by atoms with Crippen LogP contribution in [-0.2, 0) is 27.4 Å². The highest BCUT2D eigenvalue weighted by Crippen LogP contribution is 2.51. The number of rotatable bonds is 10. The van der Waals surface area contributed by atoms with Gasteiger partial charge >= 0.3 is 0 Å². The molecule has 3 aromatic carbocycles. The lowest BCUT2D eigenvalue weighted by Gasteiger charge is -2.53. The highest BCUT2D eigenvalue weighted by atomic mass is 35.5. The molecule has 214 valence electrons. The number of piperidine rings is 1. The second kappa shape index (κ2) is 12.2. The lowest BCUT2D eigenvalue weighted by Crippen LogP contribution is -2.60. The molecule has 9 heteroatoms. The minimum absolute atomic E-state index is 0.0321. The van der Waals surface area contributed by atoms with E-state index in [1.807, 2.05) is 30.3 Å². The minimum Gasteiger partial charge on any atom is -0.506 e. The number of amides is 1. The van der Waals surface area contributed by atoms with Gasteiger partial charge in [-0.3, -0.25) is 10.1 Å². The smallest absolute Gasteiger partial charge is 0.270 e. The molecular formula is C31H35ClF2N2O4. The number of carbonyl (C=O) groups is 1. The topological polar surface area (TPSA) is 82.0 Å². The van der Waals surface area contributed by atoms with Gasteiger partial charge in [0.25, 0.3) is 5.92 Å². The van der Waals surface area contributed by atoms with Crippen LogP contribution in [0.5, 0.6) is 5.75 Å². The lowest BCUT2D eigenvalue weighted by molar-refractivity contribution is -0.146. The van der Waals surface area contributed by atoms with E-state index in [-0.39, 0.29) is 35.2 Å². The maximum atomic E-state index is 14.2. The second-order valence-electron chi connectivity index (χ2n) is 10.4. The van der Waals surface area contributed by atoms with Crippen molar-refractivity contribution >= 4 is 17.5 Å². The van der Waals surface area contributed by atoms with Crippen LogP contribution in [0.4, 0.5) is 8.78 Å². The number of methoxy groups -OCH3 is 1. The molecule has 0 saturated carbocycles. The van der Waals surface area contributed by atoms with Crippen molar-refractivity contribution in [2.45, 2.75) is 56.8 Å². The zero-order chi connectivity index (χ0) is 29.1. The first-order valence-corrected chi connectivity index (χ1v) is 13.6. The number of alkyl halides is 2. The van der Waals surface area contributed by atoms with Crippen molar-refractivity contribution in [3.8, 4) is 5.75 Å². The van der Waals surface area contributed by atoms with Crippen LogP contribution in [0, 0.1) is 6.92 Å². The van der Waals surface area contributed by atoms with Gasteiger partial charge in [-0.1, -0.05) is 66.2 Å². The number of aliphatic hydroxyl groups excluding tert-OH is 1. The molecule has 0 radical (unpaired) electrons. The summed E-state index contributed by atoms with van der Waals surface area (Å²) in [5.41, 5.74) is 1.25. The van der Waals surface area contributed by atoms with E-state index in [0.29, 0.717) is 36.3 Å². The molecule has 0 aromatic heterocycles. The summed E-state index contributed by atoms with van der Waals surface area (Å²) in [6.07, 6.45) is -0.684. The Kier molecular flexibility index (Phi) is 9.15. The van der Waals surface area contributed by atoms with E-state index in [0.717, 1.165) is 12.5 Å². The number of ether oxygens (including phenoxy) is 1. The van der Waals surface area contributed by atoms with E-state index in [1.54, 1.807) is 43.2 Å². The first kappa shape index (κ1) is 29.9. The van der Waals surface area contributed by atoms with E-state index in [4.69, 9.17) is 16.3 Å². The van der Waals surface area contributed by atoms with Crippen LogP contribution in [0.3, 0.4) is 0 Å². The van der Waals surface area contributed by atoms with Crippen molar-refractivity contribution in [1.82, 2.24) is 10.2 Å². The molecule has 4 rings (SSSR count). The first-order valence-electron chi connectivity index (χ1n) is 13.2. The van der Waals surface area contributed by atoms with Crippen LogP contribution in [0.2, 0.25) is 5.02 Å². The van der Waals surface area contributed by atoms with Gasteiger partial charge in [-0.25, -0.2) is 8.78 Å². The summed E-state index contributed by atoms with van der Waals surface area (Å²) in [5.74, 6) is -3.30. The normalized spacial score (nSPS) is 20.5. The summed E-state index contributed by atoms with van der Waals surface area (Å²) in [4.78, 5) is 15.3. The molecule has 40 heavy (non-hydrogen) atoms. The van der Waals surface area contributed by atoms with Crippen LogP contribution in [0.15, 0.2) is 66.7 Å². The van der Waals surface area contributed by atoms with Gasteiger partial charge in [-0.15, -0.1) is 0 Å². The molecule has 0 bridgehead atoms. The lowest BCUT2D eigenvalue weighted by atomic mass is 9.64. The van der Waals surface area contributed by atoms with Gasteiger partial charge < -0.3 is 19.8 Å². The van der Waals surface area contributed by atoms with Gasteiger partial charge in [0, 0.05) is 39.1 Å². The molecule has 1 aliphatic heterocycles. The third-order valence-electron chi connectivity index (χ3n) is 7.69. The number of phenolic OH excluding ortho intramolecular Hbond substituents is 1. The summed E-state index contributed by atoms with van der Waals surface area (Å²) in [6.45, 7) is 3.30. The third kappa shape index (κ3) is 6.00. The van der Waals surface area contributed by atoms with Gasteiger partial charge in [-0.05, 0) is 47.7 Å². The molecule has 0 spiro atoms. The third-order valence-corrected chi connectivity index (χ3v) is 7.98. The summed E-state index contributed by atoms with van der Waals surface area (Å²) in [6, 6.07) is 18.1. The maximum Gasteiger partial charge on any atom is 0.270 e. The van der Waals surface area contributed by atoms with Crippen molar-refractivity contribution in [1.29, 1.82) is 0 Å².